The Hall–Kier alpha value is -0.546. The molecule has 0 amide bonds. The monoisotopic (exact) mass is 735 g/mol. The average molecular weight is 735 g/mol. The van der Waals surface area contributed by atoms with Crippen molar-refractivity contribution in [2.75, 3.05) is 14.2 Å². The fraction of sp³-hybridized carbons (Fsp3) is 0.375. The first kappa shape index (κ1) is 27.7. The van der Waals surface area contributed by atoms with Gasteiger partial charge in [0.1, 0.15) is 17.1 Å². The van der Waals surface area contributed by atoms with Crippen LogP contribution in [0.2, 0.25) is 0 Å². The molecule has 0 aromatic carbocycles. The van der Waals surface area contributed by atoms with E-state index >= 15 is 0 Å². The van der Waals surface area contributed by atoms with Gasteiger partial charge >= 0.3 is 62.2 Å². The molecule has 0 spiro atoms. The van der Waals surface area contributed by atoms with E-state index in [1.54, 1.807) is 0 Å². The summed E-state index contributed by atoms with van der Waals surface area (Å²) >= 11 is 0. The normalized spacial score (nSPS) is 6.95. The van der Waals surface area contributed by atoms with Crippen molar-refractivity contribution in [1.82, 2.24) is 14.5 Å². The van der Waals surface area contributed by atoms with Crippen LogP contribution in [0.5, 0.6) is 0 Å². The van der Waals surface area contributed by atoms with Gasteiger partial charge < -0.3 is 48.0 Å². The summed E-state index contributed by atoms with van der Waals surface area (Å²) in [6.45, 7) is 2.36. The molecule has 0 atom stereocenters. The predicted octanol–water partition coefficient (Wildman–Crippen LogP) is -3.58. The number of methoxy groups -OCH3 is 2. The molecule has 0 unspecified atom stereocenters. The maximum absolute atomic E-state index is 10.5. The number of ether oxygens (including phenoxy) is 2. The van der Waals surface area contributed by atoms with Crippen molar-refractivity contribution in [3.63, 3.8) is 0 Å². The van der Waals surface area contributed by atoms with Gasteiger partial charge in [-0.3, -0.25) is 0 Å². The Balaban J connectivity index is -0.000000110. The van der Waals surface area contributed by atoms with Crippen LogP contribution >= 0.6 is 0 Å². The van der Waals surface area contributed by atoms with Crippen molar-refractivity contribution in [2.45, 2.75) is 0 Å². The van der Waals surface area contributed by atoms with Gasteiger partial charge in [0.05, 0.1) is 0 Å². The summed E-state index contributed by atoms with van der Waals surface area (Å²) in [7, 11) is 3.71. The smallest absolute Gasteiger partial charge is 0.655 e. The van der Waals surface area contributed by atoms with Crippen molar-refractivity contribution in [2.24, 2.45) is 7.05 Å². The van der Waals surface area contributed by atoms with Crippen LogP contribution in [0, 0.1) is 62.2 Å². The summed E-state index contributed by atoms with van der Waals surface area (Å²) < 4.78 is 8.13. The van der Waals surface area contributed by atoms with Crippen LogP contribution in [-0.2, 0) is 26.1 Å². The van der Waals surface area contributed by atoms with Gasteiger partial charge in [-0.05, 0) is 0 Å². The zero-order valence-electron chi connectivity index (χ0n) is 10.7. The number of hydrogen-bond donors (Lipinski definition) is 0. The minimum Gasteiger partial charge on any atom is -0.655 e. The van der Waals surface area contributed by atoms with Gasteiger partial charge in [-0.25, -0.2) is 0 Å². The number of nitrogens with zero attached hydrogens (tertiary/aromatic N) is 3. The Morgan fingerprint density at radius 3 is 1.35 bits per heavy atom. The number of hydrogen-bond acceptors (Lipinski definition) is 7. The van der Waals surface area contributed by atoms with Crippen molar-refractivity contribution in [3.05, 3.63) is 31.5 Å². The van der Waals surface area contributed by atoms with Crippen molar-refractivity contribution >= 4 is 12.9 Å². The summed E-state index contributed by atoms with van der Waals surface area (Å²) in [6, 6.07) is 0. The second-order valence-electron chi connectivity index (χ2n) is 2.21. The standard InChI is InChI=1S/C4H5N3O3.2C2H3O2.2U/c1-7-3(9)5-2(8)6-4(7)10;2*1-4-2-3;;/h1H3,(H2,5,6,8,9,10);2*1H3;;/q;2*-1;2*+2/p-2. The summed E-state index contributed by atoms with van der Waals surface area (Å²) in [4.78, 5) is 54.6. The van der Waals surface area contributed by atoms with Gasteiger partial charge in [-0.2, -0.15) is 0 Å². The van der Waals surface area contributed by atoms with Gasteiger partial charge in [0.2, 0.25) is 0 Å². The predicted molar refractivity (Wildman–Crippen MR) is 56.3 cm³/mol. The molecule has 12 heteroatoms. The minimum atomic E-state index is -1.03. The van der Waals surface area contributed by atoms with Gasteiger partial charge in [0.15, 0.2) is 0 Å². The van der Waals surface area contributed by atoms with Crippen LogP contribution in [-0.4, -0.2) is 31.7 Å². The van der Waals surface area contributed by atoms with Gasteiger partial charge in [-0.1, -0.05) is 20.0 Å². The van der Waals surface area contributed by atoms with Crippen molar-refractivity contribution in [3.8, 4) is 0 Å². The first-order valence-electron chi connectivity index (χ1n) is 4.03. The van der Waals surface area contributed by atoms with Crippen LogP contribution in [0.1, 0.15) is 0 Å². The van der Waals surface area contributed by atoms with Gasteiger partial charge in [-0.15, -0.1) is 0 Å². The molecule has 1 rings (SSSR count). The van der Waals surface area contributed by atoms with Crippen LogP contribution in [0.25, 0.3) is 0 Å². The van der Waals surface area contributed by atoms with E-state index in [1.165, 1.54) is 34.2 Å². The maximum atomic E-state index is 10.5. The molecule has 0 radical (unpaired) electrons. The molecule has 0 bridgehead atoms. The first-order valence-corrected chi connectivity index (χ1v) is 4.03. The van der Waals surface area contributed by atoms with Gasteiger partial charge in [0.25, 0.3) is 0 Å². The molecule has 20 heavy (non-hydrogen) atoms. The minimum absolute atomic E-state index is 0. The molecule has 106 valence electrons. The largest absolute Gasteiger partial charge is 2.00 e. The fourth-order valence-corrected chi connectivity index (χ4v) is 0.420. The maximum Gasteiger partial charge on any atom is 2.00 e. The summed E-state index contributed by atoms with van der Waals surface area (Å²) in [5.41, 5.74) is -2.77. The average Bonchev–Trinajstić information content (AvgIpc) is 2.36. The Labute approximate surface area is 160 Å². The SMILES string of the molecule is CO[C-]=O.CO[C-]=O.Cn1c(=O)[n-]c(=O)[n-]c1=O.[U+2].[U+2]. The molecule has 1 aromatic rings. The van der Waals surface area contributed by atoms with Gasteiger partial charge in [0, 0.05) is 14.2 Å². The molecule has 0 saturated heterocycles. The second-order valence-corrected chi connectivity index (χ2v) is 2.21. The summed E-state index contributed by atoms with van der Waals surface area (Å²) in [5, 5.41) is 0. The number of rotatable bonds is 2. The van der Waals surface area contributed by atoms with E-state index in [2.05, 4.69) is 19.4 Å². The summed E-state index contributed by atoms with van der Waals surface area (Å²) in [5.74, 6) is 0. The Morgan fingerprint density at radius 1 is 0.900 bits per heavy atom. The molecule has 0 aliphatic rings. The van der Waals surface area contributed by atoms with E-state index in [1.807, 2.05) is 0 Å². The molecule has 0 aliphatic carbocycles. The third-order valence-corrected chi connectivity index (χ3v) is 1.12. The van der Waals surface area contributed by atoms with Crippen LogP contribution in [0.15, 0.2) is 14.4 Å². The van der Waals surface area contributed by atoms with Crippen LogP contribution < -0.4 is 27.0 Å². The first-order chi connectivity index (χ1) is 8.44. The van der Waals surface area contributed by atoms with E-state index in [0.717, 1.165) is 0 Å². The van der Waals surface area contributed by atoms with Crippen LogP contribution in [0.4, 0.5) is 0 Å². The molecule has 0 N–H and O–H groups in total. The van der Waals surface area contributed by atoms with E-state index in [4.69, 9.17) is 9.59 Å². The third-order valence-electron chi connectivity index (χ3n) is 1.12. The van der Waals surface area contributed by atoms with Crippen molar-refractivity contribution in [1.29, 1.82) is 0 Å². The van der Waals surface area contributed by atoms with Crippen LogP contribution in [0.3, 0.4) is 0 Å². The Kier molecular flexibility index (Phi) is 25.6. The molecular weight excluding hydrogens is 726 g/mol. The molecule has 0 aliphatic heterocycles. The van der Waals surface area contributed by atoms with Crippen molar-refractivity contribution < 1.29 is 81.3 Å². The molecular formula is C8H9N3O7U2. The Bertz CT molecular complexity index is 480. The molecule has 10 nitrogen and oxygen atoms in total. The molecule has 1 heterocycles. The third kappa shape index (κ3) is 15.5. The fourth-order valence-electron chi connectivity index (χ4n) is 0.420. The molecule has 0 saturated carbocycles. The topological polar surface area (TPSA) is 137 Å². The van der Waals surface area contributed by atoms with E-state index in [0.29, 0.717) is 4.57 Å². The number of aromatic nitrogens is 3. The quantitative estimate of drug-likeness (QED) is 0.283. The Morgan fingerprint density at radius 2 is 1.15 bits per heavy atom. The summed E-state index contributed by atoms with van der Waals surface area (Å²) in [6.07, 6.45) is 0. The second kappa shape index (κ2) is 18.5. The van der Waals surface area contributed by atoms with E-state index in [9.17, 15) is 14.4 Å². The van der Waals surface area contributed by atoms with E-state index < -0.39 is 17.1 Å². The van der Waals surface area contributed by atoms with E-state index in [-0.39, 0.29) is 62.2 Å². The zero-order chi connectivity index (χ0) is 14.6. The molecule has 1 aromatic heterocycles. The number of carbonyl (C=O) groups excluding carboxylic acids is 2. The zero-order valence-corrected chi connectivity index (χ0v) is 19.0. The molecule has 0 fully saturated rings.